The molecule has 0 bridgehead atoms. The molecule has 0 unspecified atom stereocenters. The second-order valence-electron chi connectivity index (χ2n) is 3.76. The minimum Gasteiger partial charge on any atom is -0.493 e. The maximum atomic E-state index is 11.2. The predicted molar refractivity (Wildman–Crippen MR) is 66.8 cm³/mol. The summed E-state index contributed by atoms with van der Waals surface area (Å²) in [5.74, 6) is -0.468. The lowest BCUT2D eigenvalue weighted by molar-refractivity contribution is 0.0693. The fraction of sp³-hybridized carbons (Fsp3) is 0.154. The summed E-state index contributed by atoms with van der Waals surface area (Å²) >= 11 is 0. The molecular weight excluding hydrogens is 248 g/mol. The van der Waals surface area contributed by atoms with Gasteiger partial charge in [-0.05, 0) is 25.1 Å². The molecule has 98 valence electrons. The maximum Gasteiger partial charge on any atom is 0.339 e. The van der Waals surface area contributed by atoms with E-state index in [0.717, 1.165) is 5.69 Å². The van der Waals surface area contributed by atoms with E-state index in [1.165, 1.54) is 13.2 Å². The molecule has 1 aromatic heterocycles. The molecule has 0 spiro atoms. The van der Waals surface area contributed by atoms with Gasteiger partial charge in [0, 0.05) is 6.07 Å². The summed E-state index contributed by atoms with van der Waals surface area (Å²) in [6.45, 7) is 1.79. The summed E-state index contributed by atoms with van der Waals surface area (Å²) in [5.41, 5.74) is 0.743. The summed E-state index contributed by atoms with van der Waals surface area (Å²) < 4.78 is 10.6. The molecule has 2 rings (SSSR count). The average molecular weight is 260 g/mol. The number of hydrogen-bond acceptors (Lipinski definition) is 5. The molecule has 1 N–H and O–H groups in total. The van der Waals surface area contributed by atoms with Crippen molar-refractivity contribution in [3.8, 4) is 17.4 Å². The maximum absolute atomic E-state index is 11.2. The fourth-order valence-electron chi connectivity index (χ4n) is 1.50. The highest BCUT2D eigenvalue weighted by Crippen LogP contribution is 2.34. The molecule has 0 fully saturated rings. The number of carbonyl (C=O) groups is 1. The third kappa shape index (κ3) is 2.79. The average Bonchev–Trinajstić information content (AvgIpc) is 2.41. The minimum atomic E-state index is -1.10. The van der Waals surface area contributed by atoms with Crippen molar-refractivity contribution in [3.63, 3.8) is 0 Å². The summed E-state index contributed by atoms with van der Waals surface area (Å²) in [5, 5.41) is 16.8. The molecule has 0 aliphatic carbocycles. The normalized spacial score (nSPS) is 10.0. The number of aromatic nitrogens is 2. The molecule has 0 saturated carbocycles. The van der Waals surface area contributed by atoms with Gasteiger partial charge in [-0.15, -0.1) is 5.10 Å². The molecule has 0 saturated heterocycles. The minimum absolute atomic E-state index is 0.00160. The third-order valence-electron chi connectivity index (χ3n) is 2.41. The van der Waals surface area contributed by atoms with Crippen molar-refractivity contribution in [3.05, 3.63) is 41.6 Å². The summed E-state index contributed by atoms with van der Waals surface area (Å²) in [6, 6.07) is 7.96. The van der Waals surface area contributed by atoms with Gasteiger partial charge in [-0.1, -0.05) is 6.07 Å². The van der Waals surface area contributed by atoms with Crippen LogP contribution >= 0.6 is 0 Å². The van der Waals surface area contributed by atoms with E-state index in [-0.39, 0.29) is 17.2 Å². The van der Waals surface area contributed by atoms with Crippen LogP contribution in [-0.2, 0) is 0 Å². The molecule has 19 heavy (non-hydrogen) atoms. The van der Waals surface area contributed by atoms with Crippen molar-refractivity contribution in [2.24, 2.45) is 0 Å². The van der Waals surface area contributed by atoms with Crippen LogP contribution in [0.5, 0.6) is 17.4 Å². The Morgan fingerprint density at radius 3 is 2.58 bits per heavy atom. The second kappa shape index (κ2) is 5.34. The van der Waals surface area contributed by atoms with E-state index < -0.39 is 5.97 Å². The van der Waals surface area contributed by atoms with Gasteiger partial charge < -0.3 is 14.6 Å². The third-order valence-corrected chi connectivity index (χ3v) is 2.41. The molecule has 6 heteroatoms. The van der Waals surface area contributed by atoms with Gasteiger partial charge in [-0.25, -0.2) is 4.79 Å². The SMILES string of the molecule is COc1cccc(C(=O)O)c1Oc1ccc(C)nn1. The van der Waals surface area contributed by atoms with E-state index in [4.69, 9.17) is 14.6 Å². The highest BCUT2D eigenvalue weighted by atomic mass is 16.5. The summed E-state index contributed by atoms with van der Waals surface area (Å²) in [4.78, 5) is 11.2. The van der Waals surface area contributed by atoms with Crippen molar-refractivity contribution in [2.75, 3.05) is 7.11 Å². The zero-order valence-electron chi connectivity index (χ0n) is 10.5. The Morgan fingerprint density at radius 2 is 2.00 bits per heavy atom. The number of aromatic carboxylic acids is 1. The van der Waals surface area contributed by atoms with Crippen LogP contribution in [-0.4, -0.2) is 28.4 Å². The first kappa shape index (κ1) is 12.8. The van der Waals surface area contributed by atoms with Crippen molar-refractivity contribution in [1.82, 2.24) is 10.2 Å². The van der Waals surface area contributed by atoms with Gasteiger partial charge in [-0.2, -0.15) is 5.10 Å². The van der Waals surface area contributed by atoms with Crippen LogP contribution in [0.3, 0.4) is 0 Å². The van der Waals surface area contributed by atoms with Gasteiger partial charge in [0.15, 0.2) is 11.5 Å². The highest BCUT2D eigenvalue weighted by molar-refractivity contribution is 5.92. The summed E-state index contributed by atoms with van der Waals surface area (Å²) in [7, 11) is 1.44. The highest BCUT2D eigenvalue weighted by Gasteiger charge is 2.17. The smallest absolute Gasteiger partial charge is 0.339 e. The van der Waals surface area contributed by atoms with Crippen LogP contribution in [0.1, 0.15) is 16.1 Å². The zero-order valence-corrected chi connectivity index (χ0v) is 10.5. The lowest BCUT2D eigenvalue weighted by Crippen LogP contribution is -2.03. The van der Waals surface area contributed by atoms with Crippen molar-refractivity contribution in [1.29, 1.82) is 0 Å². The Hall–Kier alpha value is -2.63. The van der Waals surface area contributed by atoms with Crippen molar-refractivity contribution in [2.45, 2.75) is 6.92 Å². The standard InChI is InChI=1S/C13H12N2O4/c1-8-6-7-11(15-14-8)19-12-9(13(16)17)4-3-5-10(12)18-2/h3-7H,1-2H3,(H,16,17). The number of ether oxygens (including phenoxy) is 2. The van der Waals surface area contributed by atoms with E-state index in [9.17, 15) is 4.79 Å². The van der Waals surface area contributed by atoms with E-state index in [2.05, 4.69) is 10.2 Å². The van der Waals surface area contributed by atoms with Crippen LogP contribution in [0.15, 0.2) is 30.3 Å². The Bertz CT molecular complexity index is 596. The molecule has 1 heterocycles. The number of hydrogen-bond donors (Lipinski definition) is 1. The molecule has 2 aromatic rings. The van der Waals surface area contributed by atoms with Gasteiger partial charge in [0.05, 0.1) is 12.8 Å². The zero-order chi connectivity index (χ0) is 13.8. The largest absolute Gasteiger partial charge is 0.493 e. The first-order valence-electron chi connectivity index (χ1n) is 5.50. The van der Waals surface area contributed by atoms with Gasteiger partial charge >= 0.3 is 5.97 Å². The quantitative estimate of drug-likeness (QED) is 0.908. The number of rotatable bonds is 4. The van der Waals surface area contributed by atoms with Crippen LogP contribution in [0, 0.1) is 6.92 Å². The lowest BCUT2D eigenvalue weighted by atomic mass is 10.2. The molecular formula is C13H12N2O4. The molecule has 0 atom stereocenters. The number of carboxylic acids is 1. The number of methoxy groups -OCH3 is 1. The second-order valence-corrected chi connectivity index (χ2v) is 3.76. The number of carboxylic acid groups (broad SMARTS) is 1. The van der Waals surface area contributed by atoms with Crippen molar-refractivity contribution < 1.29 is 19.4 Å². The van der Waals surface area contributed by atoms with Crippen LogP contribution in [0.4, 0.5) is 0 Å². The van der Waals surface area contributed by atoms with E-state index in [0.29, 0.717) is 5.75 Å². The Balaban J connectivity index is 2.42. The van der Waals surface area contributed by atoms with E-state index in [1.54, 1.807) is 31.2 Å². The Kier molecular flexibility index (Phi) is 3.61. The first-order valence-corrected chi connectivity index (χ1v) is 5.50. The van der Waals surface area contributed by atoms with Crippen molar-refractivity contribution >= 4 is 5.97 Å². The Labute approximate surface area is 109 Å². The molecule has 6 nitrogen and oxygen atoms in total. The van der Waals surface area contributed by atoms with Gasteiger partial charge in [0.25, 0.3) is 0 Å². The monoisotopic (exact) mass is 260 g/mol. The molecule has 1 aromatic carbocycles. The first-order chi connectivity index (χ1) is 9.11. The number of nitrogens with zero attached hydrogens (tertiary/aromatic N) is 2. The molecule has 0 radical (unpaired) electrons. The lowest BCUT2D eigenvalue weighted by Gasteiger charge is -2.11. The topological polar surface area (TPSA) is 81.5 Å². The number of para-hydroxylation sites is 1. The number of benzene rings is 1. The number of aryl methyl sites for hydroxylation is 1. The summed E-state index contributed by atoms with van der Waals surface area (Å²) in [6.07, 6.45) is 0. The van der Waals surface area contributed by atoms with Crippen LogP contribution in [0.2, 0.25) is 0 Å². The molecule has 0 aliphatic rings. The predicted octanol–water partition coefficient (Wildman–Crippen LogP) is 2.28. The fourth-order valence-corrected chi connectivity index (χ4v) is 1.50. The van der Waals surface area contributed by atoms with Gasteiger partial charge in [0.2, 0.25) is 5.88 Å². The molecule has 0 aliphatic heterocycles. The van der Waals surface area contributed by atoms with Crippen LogP contribution in [0.25, 0.3) is 0 Å². The van der Waals surface area contributed by atoms with Gasteiger partial charge in [-0.3, -0.25) is 0 Å². The van der Waals surface area contributed by atoms with E-state index in [1.807, 2.05) is 0 Å². The molecule has 0 amide bonds. The van der Waals surface area contributed by atoms with Crippen LogP contribution < -0.4 is 9.47 Å². The van der Waals surface area contributed by atoms with Gasteiger partial charge in [0.1, 0.15) is 5.56 Å². The van der Waals surface area contributed by atoms with E-state index >= 15 is 0 Å². The Morgan fingerprint density at radius 1 is 1.21 bits per heavy atom.